The highest BCUT2D eigenvalue weighted by Crippen LogP contribution is 2.34. The molecule has 0 fully saturated rings. The summed E-state index contributed by atoms with van der Waals surface area (Å²) < 4.78 is 13.7. The first-order chi connectivity index (χ1) is 16.1. The second-order valence-electron chi connectivity index (χ2n) is 8.23. The second kappa shape index (κ2) is 11.0. The van der Waals surface area contributed by atoms with Gasteiger partial charge in [-0.3, -0.25) is 4.90 Å². The van der Waals surface area contributed by atoms with Crippen LogP contribution in [0.4, 0.5) is 0 Å². The molecule has 0 aliphatic heterocycles. The highest BCUT2D eigenvalue weighted by Gasteiger charge is 2.24. The Balaban J connectivity index is 1.71. The van der Waals surface area contributed by atoms with E-state index >= 15 is 0 Å². The maximum absolute atomic E-state index is 10.6. The molecule has 0 spiro atoms. The fourth-order valence-electron chi connectivity index (χ4n) is 4.00. The minimum absolute atomic E-state index is 0.416. The van der Waals surface area contributed by atoms with Crippen molar-refractivity contribution in [3.8, 4) is 22.9 Å². The van der Waals surface area contributed by atoms with Crippen molar-refractivity contribution in [2.75, 3.05) is 6.54 Å². The van der Waals surface area contributed by atoms with E-state index in [4.69, 9.17) is 14.3 Å². The van der Waals surface area contributed by atoms with Gasteiger partial charge in [0.15, 0.2) is 0 Å². The minimum Gasteiger partial charge on any atom is -0.468 e. The lowest BCUT2D eigenvalue weighted by Crippen LogP contribution is -2.31. The zero-order valence-corrected chi connectivity index (χ0v) is 19.2. The lowest BCUT2D eigenvalue weighted by molar-refractivity contribution is 0.0928. The van der Waals surface area contributed by atoms with Gasteiger partial charge >= 0.3 is 0 Å². The van der Waals surface area contributed by atoms with Gasteiger partial charge in [-0.1, -0.05) is 61.9 Å². The number of hydrogen-bond acceptors (Lipinski definition) is 5. The molecule has 0 saturated heterocycles. The maximum Gasteiger partial charge on any atom is 0.222 e. The van der Waals surface area contributed by atoms with Crippen LogP contribution < -0.4 is 4.74 Å². The molecule has 6 heteroatoms. The van der Waals surface area contributed by atoms with Gasteiger partial charge in [0, 0.05) is 25.7 Å². The summed E-state index contributed by atoms with van der Waals surface area (Å²) in [4.78, 5) is 2.19. The number of aliphatic hydroxyl groups is 1. The molecular formula is C27H31N3O3. The average Bonchev–Trinajstić information content (AvgIpc) is 3.44. The monoisotopic (exact) mass is 445 g/mol. The Morgan fingerprint density at radius 3 is 2.39 bits per heavy atom. The highest BCUT2D eigenvalue weighted by atomic mass is 16.5. The molecule has 2 aromatic carbocycles. The zero-order chi connectivity index (χ0) is 23.0. The van der Waals surface area contributed by atoms with Crippen LogP contribution in [0.1, 0.15) is 31.1 Å². The summed E-state index contributed by atoms with van der Waals surface area (Å²) in [6, 6.07) is 23.7. The standard InChI is InChI=1S/C27H31N3O3/c1-3-11-22(31)18-30(19-24-16-10-17-32-24)20-25-26(21-12-6-4-7-13-21)28-29(2)27(25)33-23-14-8-5-9-15-23/h4-10,12-17,22,31H,3,11,18-20H2,1-2H3/t22-/m0/s1. The van der Waals surface area contributed by atoms with Gasteiger partial charge in [0.2, 0.25) is 5.88 Å². The van der Waals surface area contributed by atoms with Crippen molar-refractivity contribution in [1.29, 1.82) is 0 Å². The second-order valence-corrected chi connectivity index (χ2v) is 8.23. The molecule has 2 aromatic heterocycles. The van der Waals surface area contributed by atoms with E-state index in [1.807, 2.05) is 67.7 Å². The molecule has 0 radical (unpaired) electrons. The quantitative estimate of drug-likeness (QED) is 0.324. The first-order valence-electron chi connectivity index (χ1n) is 11.4. The van der Waals surface area contributed by atoms with E-state index in [0.29, 0.717) is 25.5 Å². The Bertz CT molecular complexity index is 1110. The van der Waals surface area contributed by atoms with Crippen LogP contribution in [0.5, 0.6) is 11.6 Å². The van der Waals surface area contributed by atoms with Crippen molar-refractivity contribution >= 4 is 0 Å². The lowest BCUT2D eigenvalue weighted by Gasteiger charge is -2.24. The van der Waals surface area contributed by atoms with Crippen LogP contribution in [0.15, 0.2) is 83.5 Å². The summed E-state index contributed by atoms with van der Waals surface area (Å²) in [5.74, 6) is 2.30. The summed E-state index contributed by atoms with van der Waals surface area (Å²) in [5.41, 5.74) is 2.87. The largest absolute Gasteiger partial charge is 0.468 e. The van der Waals surface area contributed by atoms with E-state index in [1.54, 1.807) is 10.9 Å². The van der Waals surface area contributed by atoms with Crippen molar-refractivity contribution in [3.05, 3.63) is 90.4 Å². The molecule has 6 nitrogen and oxygen atoms in total. The fourth-order valence-corrected chi connectivity index (χ4v) is 4.00. The Morgan fingerprint density at radius 1 is 1.00 bits per heavy atom. The molecule has 1 N–H and O–H groups in total. The number of para-hydroxylation sites is 1. The van der Waals surface area contributed by atoms with E-state index in [0.717, 1.165) is 41.2 Å². The number of aryl methyl sites for hydroxylation is 1. The molecule has 33 heavy (non-hydrogen) atoms. The van der Waals surface area contributed by atoms with Crippen molar-refractivity contribution in [1.82, 2.24) is 14.7 Å². The highest BCUT2D eigenvalue weighted by molar-refractivity contribution is 5.65. The predicted molar refractivity (Wildman–Crippen MR) is 129 cm³/mol. The number of furan rings is 1. The number of rotatable bonds is 11. The summed E-state index contributed by atoms with van der Waals surface area (Å²) in [5, 5.41) is 15.4. The summed E-state index contributed by atoms with van der Waals surface area (Å²) in [7, 11) is 1.90. The number of benzene rings is 2. The van der Waals surface area contributed by atoms with Crippen LogP contribution >= 0.6 is 0 Å². The van der Waals surface area contributed by atoms with Crippen LogP contribution in [0.3, 0.4) is 0 Å². The van der Waals surface area contributed by atoms with Gasteiger partial charge in [-0.2, -0.15) is 5.10 Å². The van der Waals surface area contributed by atoms with Gasteiger partial charge in [-0.05, 0) is 30.7 Å². The SMILES string of the molecule is CCC[C@H](O)CN(Cc1ccco1)Cc1c(-c2ccccc2)nn(C)c1Oc1ccccc1. The molecule has 4 rings (SSSR count). The number of ether oxygens (including phenoxy) is 1. The van der Waals surface area contributed by atoms with E-state index in [-0.39, 0.29) is 0 Å². The summed E-state index contributed by atoms with van der Waals surface area (Å²) in [6.07, 6.45) is 2.95. The van der Waals surface area contributed by atoms with E-state index in [2.05, 4.69) is 24.0 Å². The van der Waals surface area contributed by atoms with E-state index < -0.39 is 6.10 Å². The Kier molecular flexibility index (Phi) is 7.60. The molecule has 172 valence electrons. The number of aromatic nitrogens is 2. The molecule has 0 unspecified atom stereocenters. The van der Waals surface area contributed by atoms with Gasteiger partial charge in [-0.25, -0.2) is 4.68 Å². The van der Waals surface area contributed by atoms with Crippen LogP contribution in [0.2, 0.25) is 0 Å². The van der Waals surface area contributed by atoms with Gasteiger partial charge in [-0.15, -0.1) is 0 Å². The molecule has 4 aromatic rings. The van der Waals surface area contributed by atoms with Gasteiger partial charge in [0.25, 0.3) is 0 Å². The van der Waals surface area contributed by atoms with E-state index in [1.165, 1.54) is 0 Å². The lowest BCUT2D eigenvalue weighted by atomic mass is 10.1. The molecule has 0 saturated carbocycles. The predicted octanol–water partition coefficient (Wildman–Crippen LogP) is 5.64. The normalized spacial score (nSPS) is 12.2. The van der Waals surface area contributed by atoms with Gasteiger partial charge < -0.3 is 14.3 Å². The zero-order valence-electron chi connectivity index (χ0n) is 19.2. The Morgan fingerprint density at radius 2 is 1.73 bits per heavy atom. The molecular weight excluding hydrogens is 414 g/mol. The number of hydrogen-bond donors (Lipinski definition) is 1. The number of nitrogens with zero attached hydrogens (tertiary/aromatic N) is 3. The van der Waals surface area contributed by atoms with Crippen LogP contribution in [0, 0.1) is 0 Å². The topological polar surface area (TPSA) is 63.7 Å². The van der Waals surface area contributed by atoms with Crippen LogP contribution in [-0.4, -0.2) is 32.4 Å². The van der Waals surface area contributed by atoms with Crippen molar-refractivity contribution in [2.45, 2.75) is 39.0 Å². The van der Waals surface area contributed by atoms with Crippen molar-refractivity contribution in [3.63, 3.8) is 0 Å². The van der Waals surface area contributed by atoms with Crippen molar-refractivity contribution < 1.29 is 14.3 Å². The molecule has 2 heterocycles. The Labute approximate surface area is 195 Å². The first kappa shape index (κ1) is 22.8. The first-order valence-corrected chi connectivity index (χ1v) is 11.4. The summed E-state index contributed by atoms with van der Waals surface area (Å²) in [6.45, 7) is 3.76. The fraction of sp³-hybridized carbons (Fsp3) is 0.296. The van der Waals surface area contributed by atoms with Gasteiger partial charge in [0.1, 0.15) is 17.2 Å². The van der Waals surface area contributed by atoms with Crippen LogP contribution in [0.25, 0.3) is 11.3 Å². The molecule has 0 aliphatic rings. The third-order valence-electron chi connectivity index (χ3n) is 5.52. The Hall–Kier alpha value is -3.35. The van der Waals surface area contributed by atoms with Gasteiger partial charge in [0.05, 0.1) is 24.5 Å². The average molecular weight is 446 g/mol. The molecule has 1 atom stereocenters. The third-order valence-corrected chi connectivity index (χ3v) is 5.52. The van der Waals surface area contributed by atoms with Crippen LogP contribution in [-0.2, 0) is 20.1 Å². The van der Waals surface area contributed by atoms with Crippen molar-refractivity contribution in [2.24, 2.45) is 7.05 Å². The molecule has 0 aliphatic carbocycles. The molecule has 0 bridgehead atoms. The third kappa shape index (κ3) is 5.92. The summed E-state index contributed by atoms with van der Waals surface area (Å²) >= 11 is 0. The minimum atomic E-state index is -0.416. The number of aliphatic hydroxyl groups excluding tert-OH is 1. The maximum atomic E-state index is 10.6. The van der Waals surface area contributed by atoms with E-state index in [9.17, 15) is 5.11 Å². The smallest absolute Gasteiger partial charge is 0.222 e. The molecule has 0 amide bonds.